The van der Waals surface area contributed by atoms with Gasteiger partial charge in [-0.2, -0.15) is 0 Å². The number of para-hydroxylation sites is 1. The third kappa shape index (κ3) is 3.97. The van der Waals surface area contributed by atoms with Crippen LogP contribution in [0.25, 0.3) is 37.3 Å². The number of carbonyl (C=O) groups is 1. The van der Waals surface area contributed by atoms with Gasteiger partial charge in [0.05, 0.1) is 21.3 Å². The van der Waals surface area contributed by atoms with E-state index in [-0.39, 0.29) is 16.9 Å². The summed E-state index contributed by atoms with van der Waals surface area (Å²) in [6, 6.07) is 19.5. The van der Waals surface area contributed by atoms with Gasteiger partial charge in [0.2, 0.25) is 5.43 Å². The number of nitrogens with two attached hydrogens (primary N) is 1. The molecule has 1 aliphatic heterocycles. The maximum atomic E-state index is 13.7. The second-order valence-corrected chi connectivity index (χ2v) is 10.2. The van der Waals surface area contributed by atoms with Crippen molar-refractivity contribution >= 4 is 43.3 Å². The minimum absolute atomic E-state index is 0.187. The van der Waals surface area contributed by atoms with Gasteiger partial charge in [0.25, 0.3) is 5.91 Å². The molecule has 0 atom stereocenters. The number of amides is 1. The van der Waals surface area contributed by atoms with E-state index in [0.29, 0.717) is 29.0 Å². The average Bonchev–Trinajstić information content (AvgIpc) is 3.56. The number of nitrogens with one attached hydrogen (secondary N) is 1. The Morgan fingerprint density at radius 1 is 1.03 bits per heavy atom. The van der Waals surface area contributed by atoms with Gasteiger partial charge in [0, 0.05) is 25.2 Å². The topological polar surface area (TPSA) is 92.7 Å². The molecule has 0 bridgehead atoms. The molecule has 1 fully saturated rings. The lowest BCUT2D eigenvalue weighted by Crippen LogP contribution is -2.35. The summed E-state index contributed by atoms with van der Waals surface area (Å²) >= 11 is 1.45. The molecule has 5 aromatic rings. The second kappa shape index (κ2) is 9.46. The highest BCUT2D eigenvalue weighted by Crippen LogP contribution is 2.31. The Hall–Kier alpha value is -3.59. The van der Waals surface area contributed by atoms with Crippen LogP contribution in [0.5, 0.6) is 0 Å². The Morgan fingerprint density at radius 3 is 2.58 bits per heavy atom. The number of benzene rings is 2. The molecule has 1 aliphatic rings. The summed E-state index contributed by atoms with van der Waals surface area (Å²) in [7, 11) is 0. The van der Waals surface area contributed by atoms with Crippen LogP contribution in [0.2, 0.25) is 0 Å². The molecule has 3 aromatic heterocycles. The van der Waals surface area contributed by atoms with Crippen molar-refractivity contribution in [3.8, 4) is 11.3 Å². The molecule has 6 rings (SSSR count). The van der Waals surface area contributed by atoms with Gasteiger partial charge < -0.3 is 16.0 Å². The Bertz CT molecular complexity index is 1650. The molecule has 182 valence electrons. The summed E-state index contributed by atoms with van der Waals surface area (Å²) in [4.78, 5) is 34.9. The van der Waals surface area contributed by atoms with Crippen LogP contribution in [0, 0.1) is 0 Å². The number of aromatic nitrogens is 2. The van der Waals surface area contributed by atoms with Crippen LogP contribution in [-0.2, 0) is 6.54 Å². The van der Waals surface area contributed by atoms with Crippen LogP contribution in [-0.4, -0.2) is 46.4 Å². The molecule has 2 aromatic carbocycles. The van der Waals surface area contributed by atoms with E-state index in [1.54, 1.807) is 6.07 Å². The van der Waals surface area contributed by atoms with Crippen LogP contribution in [0.1, 0.15) is 28.8 Å². The van der Waals surface area contributed by atoms with Gasteiger partial charge in [-0.1, -0.05) is 36.4 Å². The highest BCUT2D eigenvalue weighted by Gasteiger charge is 2.23. The first-order chi connectivity index (χ1) is 17.6. The SMILES string of the molecule is NCc1ccc(-c2ccc3c(=O)c(C(=O)NCCN4CCCC4)c4sc5ccccc5n4c3n2)cc1. The molecule has 0 spiro atoms. The van der Waals surface area contributed by atoms with E-state index in [0.717, 1.165) is 46.7 Å². The second-order valence-electron chi connectivity index (χ2n) is 9.19. The number of thiazole rings is 1. The van der Waals surface area contributed by atoms with Crippen molar-refractivity contribution in [2.24, 2.45) is 5.73 Å². The molecule has 36 heavy (non-hydrogen) atoms. The summed E-state index contributed by atoms with van der Waals surface area (Å²) in [6.45, 7) is 3.93. The monoisotopic (exact) mass is 497 g/mol. The lowest BCUT2D eigenvalue weighted by Gasteiger charge is -2.15. The molecule has 7 nitrogen and oxygen atoms in total. The van der Waals surface area contributed by atoms with Gasteiger partial charge in [-0.15, -0.1) is 11.3 Å². The van der Waals surface area contributed by atoms with Crippen molar-refractivity contribution in [3.05, 3.63) is 82.0 Å². The molecule has 8 heteroatoms. The van der Waals surface area contributed by atoms with Crippen molar-refractivity contribution in [1.82, 2.24) is 19.6 Å². The van der Waals surface area contributed by atoms with Crippen molar-refractivity contribution in [3.63, 3.8) is 0 Å². The fourth-order valence-corrected chi connectivity index (χ4v) is 6.17. The fraction of sp³-hybridized carbons (Fsp3) is 0.250. The van der Waals surface area contributed by atoms with E-state index in [2.05, 4.69) is 10.2 Å². The van der Waals surface area contributed by atoms with Crippen LogP contribution < -0.4 is 16.5 Å². The average molecular weight is 498 g/mol. The van der Waals surface area contributed by atoms with Gasteiger partial charge in [-0.3, -0.25) is 14.0 Å². The molecule has 0 unspecified atom stereocenters. The number of hydrogen-bond acceptors (Lipinski definition) is 6. The number of hydrogen-bond donors (Lipinski definition) is 2. The number of fused-ring (bicyclic) bond motifs is 5. The van der Waals surface area contributed by atoms with E-state index >= 15 is 0 Å². The molecular weight excluding hydrogens is 470 g/mol. The lowest BCUT2D eigenvalue weighted by molar-refractivity contribution is 0.0950. The van der Waals surface area contributed by atoms with Crippen molar-refractivity contribution in [2.75, 3.05) is 26.2 Å². The predicted molar refractivity (Wildman–Crippen MR) is 146 cm³/mol. The van der Waals surface area contributed by atoms with Crippen LogP contribution in [0.4, 0.5) is 0 Å². The summed E-state index contributed by atoms with van der Waals surface area (Å²) in [6.07, 6.45) is 2.41. The molecule has 3 N–H and O–H groups in total. The molecule has 1 amide bonds. The van der Waals surface area contributed by atoms with E-state index in [4.69, 9.17) is 10.7 Å². The molecular formula is C28H27N5O2S. The Morgan fingerprint density at radius 2 is 1.81 bits per heavy atom. The minimum Gasteiger partial charge on any atom is -0.351 e. The number of likely N-dealkylation sites (tertiary alicyclic amines) is 1. The summed E-state index contributed by atoms with van der Waals surface area (Å²) in [5.41, 5.74) is 9.88. The van der Waals surface area contributed by atoms with E-state index in [9.17, 15) is 9.59 Å². The maximum Gasteiger partial charge on any atom is 0.258 e. The van der Waals surface area contributed by atoms with E-state index in [1.165, 1.54) is 24.2 Å². The molecule has 4 heterocycles. The Labute approximate surface area is 212 Å². The maximum absolute atomic E-state index is 13.7. The zero-order valence-electron chi connectivity index (χ0n) is 19.9. The van der Waals surface area contributed by atoms with Crippen LogP contribution in [0.15, 0.2) is 65.5 Å². The third-order valence-electron chi connectivity index (χ3n) is 6.91. The standard InChI is InChI=1S/C28H27N5O2S/c29-17-18-7-9-19(10-8-18)21-12-11-20-25(34)24(27(35)30-13-16-32-14-3-4-15-32)28-33(26(20)31-21)22-5-1-2-6-23(22)36-28/h1-2,5-12H,3-4,13-17,29H2,(H,30,35). The number of nitrogens with zero attached hydrogens (tertiary/aromatic N) is 3. The Kier molecular flexibility index (Phi) is 6.00. The normalized spacial score (nSPS) is 14.2. The summed E-state index contributed by atoms with van der Waals surface area (Å²) < 4.78 is 2.96. The van der Waals surface area contributed by atoms with E-state index in [1.807, 2.05) is 59.0 Å². The minimum atomic E-state index is -0.327. The van der Waals surface area contributed by atoms with Gasteiger partial charge in [0.15, 0.2) is 0 Å². The highest BCUT2D eigenvalue weighted by atomic mass is 32.1. The zero-order valence-corrected chi connectivity index (χ0v) is 20.7. The number of carbonyl (C=O) groups excluding carboxylic acids is 1. The summed E-state index contributed by atoms with van der Waals surface area (Å²) in [5, 5.41) is 3.43. The van der Waals surface area contributed by atoms with Crippen molar-refractivity contribution < 1.29 is 4.79 Å². The largest absolute Gasteiger partial charge is 0.351 e. The van der Waals surface area contributed by atoms with E-state index < -0.39 is 0 Å². The van der Waals surface area contributed by atoms with Gasteiger partial charge in [0.1, 0.15) is 16.0 Å². The fourth-order valence-electron chi connectivity index (χ4n) is 4.98. The lowest BCUT2D eigenvalue weighted by atomic mass is 10.1. The zero-order chi connectivity index (χ0) is 24.6. The van der Waals surface area contributed by atoms with Crippen molar-refractivity contribution in [1.29, 1.82) is 0 Å². The number of pyridine rings is 2. The molecule has 0 radical (unpaired) electrons. The number of rotatable bonds is 6. The van der Waals surface area contributed by atoms with Gasteiger partial charge in [-0.25, -0.2) is 4.98 Å². The molecule has 0 aliphatic carbocycles. The van der Waals surface area contributed by atoms with Crippen LogP contribution >= 0.6 is 11.3 Å². The molecule has 1 saturated heterocycles. The first-order valence-electron chi connectivity index (χ1n) is 12.3. The van der Waals surface area contributed by atoms with Crippen molar-refractivity contribution in [2.45, 2.75) is 19.4 Å². The van der Waals surface area contributed by atoms with Gasteiger partial charge >= 0.3 is 0 Å². The van der Waals surface area contributed by atoms with Gasteiger partial charge in [-0.05, 0) is 55.8 Å². The van der Waals surface area contributed by atoms with Crippen LogP contribution in [0.3, 0.4) is 0 Å². The third-order valence-corrected chi connectivity index (χ3v) is 8.06. The first-order valence-corrected chi connectivity index (χ1v) is 13.1. The Balaban J connectivity index is 1.49. The quantitative estimate of drug-likeness (QED) is 0.370. The summed E-state index contributed by atoms with van der Waals surface area (Å²) in [5.74, 6) is -0.327. The smallest absolute Gasteiger partial charge is 0.258 e. The first kappa shape index (κ1) is 22.8. The highest BCUT2D eigenvalue weighted by molar-refractivity contribution is 7.24. The predicted octanol–water partition coefficient (Wildman–Crippen LogP) is 4.01. The molecule has 0 saturated carbocycles.